The monoisotopic (exact) mass is 314 g/mol. The van der Waals surface area contributed by atoms with E-state index >= 15 is 0 Å². The molecule has 1 aromatic carbocycles. The number of carbonyl (C=O) groups excluding carboxylic acids is 2. The fourth-order valence-corrected chi connectivity index (χ4v) is 2.48. The molecule has 2 amide bonds. The number of carbonyl (C=O) groups is 2. The fraction of sp³-hybridized carbons (Fsp3) is 0.333. The van der Waals surface area contributed by atoms with Gasteiger partial charge < -0.3 is 14.6 Å². The summed E-state index contributed by atoms with van der Waals surface area (Å²) < 4.78 is 5.16. The molecule has 1 N–H and O–H groups in total. The highest BCUT2D eigenvalue weighted by molar-refractivity contribution is 5.92. The maximum absolute atomic E-state index is 11.9. The van der Waals surface area contributed by atoms with Crippen LogP contribution in [0.2, 0.25) is 0 Å². The first-order valence-electron chi connectivity index (χ1n) is 7.61. The van der Waals surface area contributed by atoms with Gasteiger partial charge in [0.15, 0.2) is 0 Å². The quantitative estimate of drug-likeness (QED) is 0.891. The molecule has 5 heteroatoms. The van der Waals surface area contributed by atoms with Crippen LogP contribution >= 0.6 is 0 Å². The summed E-state index contributed by atoms with van der Waals surface area (Å²) in [5.74, 6) is 0.516. The number of nitrogens with one attached hydrogen (secondary N) is 1. The van der Waals surface area contributed by atoms with Crippen molar-refractivity contribution in [2.75, 3.05) is 11.4 Å². The lowest BCUT2D eigenvalue weighted by molar-refractivity contribution is -0.121. The van der Waals surface area contributed by atoms with Gasteiger partial charge in [-0.25, -0.2) is 0 Å². The number of hydrogen-bond acceptors (Lipinski definition) is 3. The van der Waals surface area contributed by atoms with E-state index in [1.165, 1.54) is 6.92 Å². The Morgan fingerprint density at radius 3 is 2.43 bits per heavy atom. The number of furan rings is 1. The second-order valence-electron chi connectivity index (χ2n) is 5.62. The topological polar surface area (TPSA) is 62.6 Å². The minimum atomic E-state index is -0.114. The molecule has 0 aliphatic rings. The lowest BCUT2D eigenvalue weighted by Gasteiger charge is -2.22. The second kappa shape index (κ2) is 7.63. The molecule has 0 aliphatic heterocycles. The van der Waals surface area contributed by atoms with Gasteiger partial charge in [0.1, 0.15) is 5.76 Å². The zero-order chi connectivity index (χ0) is 16.8. The zero-order valence-electron chi connectivity index (χ0n) is 13.8. The highest BCUT2D eigenvalue weighted by Gasteiger charge is 2.14. The molecule has 0 saturated heterocycles. The second-order valence-corrected chi connectivity index (χ2v) is 5.62. The molecular formula is C18H22N2O3. The molecule has 0 unspecified atom stereocenters. The lowest BCUT2D eigenvalue weighted by Crippen LogP contribution is -2.33. The van der Waals surface area contributed by atoms with E-state index < -0.39 is 0 Å². The fourth-order valence-electron chi connectivity index (χ4n) is 2.48. The summed E-state index contributed by atoms with van der Waals surface area (Å²) in [6.45, 7) is 6.20. The van der Waals surface area contributed by atoms with Crippen molar-refractivity contribution in [1.29, 1.82) is 0 Å². The number of benzene rings is 1. The van der Waals surface area contributed by atoms with Gasteiger partial charge in [0.05, 0.1) is 12.8 Å². The SMILES string of the molecule is CC(=O)N(CCC(=O)NCc1ccco1)c1cc(C)cc(C)c1. The Hall–Kier alpha value is -2.56. The van der Waals surface area contributed by atoms with Crippen LogP contribution in [-0.4, -0.2) is 18.4 Å². The predicted molar refractivity (Wildman–Crippen MR) is 89.1 cm³/mol. The third kappa shape index (κ3) is 4.98. The van der Waals surface area contributed by atoms with Gasteiger partial charge in [-0.05, 0) is 49.2 Å². The van der Waals surface area contributed by atoms with E-state index in [1.54, 1.807) is 23.3 Å². The molecule has 2 rings (SSSR count). The van der Waals surface area contributed by atoms with Crippen LogP contribution in [-0.2, 0) is 16.1 Å². The van der Waals surface area contributed by atoms with Gasteiger partial charge >= 0.3 is 0 Å². The third-order valence-electron chi connectivity index (χ3n) is 3.50. The van der Waals surface area contributed by atoms with Gasteiger partial charge in [-0.2, -0.15) is 0 Å². The van der Waals surface area contributed by atoms with E-state index in [4.69, 9.17) is 4.42 Å². The average molecular weight is 314 g/mol. The summed E-state index contributed by atoms with van der Waals surface area (Å²) in [4.78, 5) is 25.5. The van der Waals surface area contributed by atoms with Gasteiger partial charge in [-0.3, -0.25) is 9.59 Å². The summed E-state index contributed by atoms with van der Waals surface area (Å²) in [7, 11) is 0. The molecule has 1 heterocycles. The van der Waals surface area contributed by atoms with Crippen molar-refractivity contribution in [2.45, 2.75) is 33.7 Å². The van der Waals surface area contributed by atoms with Crippen molar-refractivity contribution in [3.05, 3.63) is 53.5 Å². The summed E-state index contributed by atoms with van der Waals surface area (Å²) in [5.41, 5.74) is 3.01. The number of nitrogens with zero attached hydrogens (tertiary/aromatic N) is 1. The largest absolute Gasteiger partial charge is 0.467 e. The highest BCUT2D eigenvalue weighted by atomic mass is 16.3. The van der Waals surface area contributed by atoms with Crippen LogP contribution in [0.3, 0.4) is 0 Å². The summed E-state index contributed by atoms with van der Waals surface area (Å²) in [6, 6.07) is 9.54. The van der Waals surface area contributed by atoms with E-state index in [9.17, 15) is 9.59 Å². The van der Waals surface area contributed by atoms with Crippen LogP contribution in [0, 0.1) is 13.8 Å². The molecule has 23 heavy (non-hydrogen) atoms. The van der Waals surface area contributed by atoms with Crippen molar-refractivity contribution in [1.82, 2.24) is 5.32 Å². The summed E-state index contributed by atoms with van der Waals surface area (Å²) in [6.07, 6.45) is 1.81. The first-order valence-corrected chi connectivity index (χ1v) is 7.61. The van der Waals surface area contributed by atoms with Crippen molar-refractivity contribution in [3.63, 3.8) is 0 Å². The van der Waals surface area contributed by atoms with E-state index in [0.29, 0.717) is 18.8 Å². The minimum absolute atomic E-state index is 0.0752. The van der Waals surface area contributed by atoms with Crippen LogP contribution < -0.4 is 10.2 Å². The average Bonchev–Trinajstić information content (AvgIpc) is 2.97. The molecule has 5 nitrogen and oxygen atoms in total. The van der Waals surface area contributed by atoms with Crippen molar-refractivity contribution in [2.24, 2.45) is 0 Å². The zero-order valence-corrected chi connectivity index (χ0v) is 13.8. The molecule has 0 bridgehead atoms. The third-order valence-corrected chi connectivity index (χ3v) is 3.50. The Bertz CT molecular complexity index is 657. The molecule has 0 aliphatic carbocycles. The van der Waals surface area contributed by atoms with Crippen LogP contribution in [0.15, 0.2) is 41.0 Å². The number of hydrogen-bond donors (Lipinski definition) is 1. The lowest BCUT2D eigenvalue weighted by atomic mass is 10.1. The van der Waals surface area contributed by atoms with Gasteiger partial charge in [0, 0.05) is 25.6 Å². The Morgan fingerprint density at radius 2 is 1.87 bits per heavy atom. The Kier molecular flexibility index (Phi) is 5.57. The first kappa shape index (κ1) is 16.8. The van der Waals surface area contributed by atoms with Crippen molar-refractivity contribution in [3.8, 4) is 0 Å². The van der Waals surface area contributed by atoms with E-state index in [0.717, 1.165) is 16.8 Å². The van der Waals surface area contributed by atoms with Crippen molar-refractivity contribution < 1.29 is 14.0 Å². The van der Waals surface area contributed by atoms with Crippen LogP contribution in [0.5, 0.6) is 0 Å². The Labute approximate surface area is 136 Å². The van der Waals surface area contributed by atoms with E-state index in [2.05, 4.69) is 11.4 Å². The molecule has 0 saturated carbocycles. The van der Waals surface area contributed by atoms with Crippen LogP contribution in [0.4, 0.5) is 5.69 Å². The number of rotatable bonds is 6. The molecular weight excluding hydrogens is 292 g/mol. The van der Waals surface area contributed by atoms with Gasteiger partial charge in [-0.15, -0.1) is 0 Å². The molecule has 2 aromatic rings. The molecule has 1 aromatic heterocycles. The molecule has 0 atom stereocenters. The van der Waals surface area contributed by atoms with Crippen LogP contribution in [0.25, 0.3) is 0 Å². The molecule has 0 fully saturated rings. The molecule has 0 radical (unpaired) electrons. The Balaban J connectivity index is 1.94. The number of anilines is 1. The van der Waals surface area contributed by atoms with Gasteiger partial charge in [0.2, 0.25) is 11.8 Å². The summed E-state index contributed by atoms with van der Waals surface area (Å²) in [5, 5.41) is 2.78. The normalized spacial score (nSPS) is 10.4. The van der Waals surface area contributed by atoms with Crippen molar-refractivity contribution >= 4 is 17.5 Å². The van der Waals surface area contributed by atoms with Crippen LogP contribution in [0.1, 0.15) is 30.2 Å². The number of amides is 2. The van der Waals surface area contributed by atoms with E-state index in [-0.39, 0.29) is 18.2 Å². The molecule has 0 spiro atoms. The maximum atomic E-state index is 11.9. The predicted octanol–water partition coefficient (Wildman–Crippen LogP) is 2.96. The van der Waals surface area contributed by atoms with E-state index in [1.807, 2.05) is 26.0 Å². The smallest absolute Gasteiger partial charge is 0.223 e. The van der Waals surface area contributed by atoms with Gasteiger partial charge in [-0.1, -0.05) is 6.07 Å². The minimum Gasteiger partial charge on any atom is -0.467 e. The van der Waals surface area contributed by atoms with Gasteiger partial charge in [0.25, 0.3) is 0 Å². The maximum Gasteiger partial charge on any atom is 0.223 e. The number of aryl methyl sites for hydroxylation is 2. The Morgan fingerprint density at radius 1 is 1.17 bits per heavy atom. The highest BCUT2D eigenvalue weighted by Crippen LogP contribution is 2.19. The first-order chi connectivity index (χ1) is 11.0. The molecule has 122 valence electrons. The summed E-state index contributed by atoms with van der Waals surface area (Å²) >= 11 is 0. The standard InChI is InChI=1S/C18H22N2O3/c1-13-9-14(2)11-16(10-13)20(15(3)21)7-6-18(22)19-12-17-5-4-8-23-17/h4-5,8-11H,6-7,12H2,1-3H3,(H,19,22).